The number of rotatable bonds is 7. The lowest BCUT2D eigenvalue weighted by molar-refractivity contribution is 0.340. The lowest BCUT2D eigenvalue weighted by Crippen LogP contribution is -2.34. The summed E-state index contributed by atoms with van der Waals surface area (Å²) in [6.07, 6.45) is 2.66. The van der Waals surface area contributed by atoms with Gasteiger partial charge in [-0.1, -0.05) is 36.4 Å². The second-order valence-corrected chi connectivity index (χ2v) is 10.9. The Labute approximate surface area is 211 Å². The molecule has 0 saturated heterocycles. The van der Waals surface area contributed by atoms with E-state index < -0.39 is 10.0 Å². The summed E-state index contributed by atoms with van der Waals surface area (Å²) >= 11 is 0. The van der Waals surface area contributed by atoms with Crippen LogP contribution in [-0.2, 0) is 16.6 Å². The Hall–Kier alpha value is -3.42. The number of halogens is 1. The van der Waals surface area contributed by atoms with Gasteiger partial charge < -0.3 is 9.30 Å². The van der Waals surface area contributed by atoms with Crippen molar-refractivity contribution >= 4 is 26.5 Å². The first-order chi connectivity index (χ1) is 17.4. The van der Waals surface area contributed by atoms with E-state index in [1.807, 2.05) is 37.3 Å². The highest BCUT2D eigenvalue weighted by molar-refractivity contribution is 7.89. The second-order valence-electron chi connectivity index (χ2n) is 8.94. The molecule has 1 aliphatic rings. The van der Waals surface area contributed by atoms with Crippen molar-refractivity contribution < 1.29 is 17.5 Å². The Balaban J connectivity index is 1.44. The maximum Gasteiger partial charge on any atom is 0.243 e. The summed E-state index contributed by atoms with van der Waals surface area (Å²) < 4.78 is 49.1. The lowest BCUT2D eigenvalue weighted by atomic mass is 9.97. The summed E-state index contributed by atoms with van der Waals surface area (Å²) in [6, 6.07) is 21.5. The van der Waals surface area contributed by atoms with E-state index in [2.05, 4.69) is 23.6 Å². The molecule has 0 N–H and O–H groups in total. The average molecular weight is 505 g/mol. The minimum atomic E-state index is -3.59. The highest BCUT2D eigenvalue weighted by Crippen LogP contribution is 2.36. The summed E-state index contributed by atoms with van der Waals surface area (Å²) in [5, 5.41) is 1.14. The Morgan fingerprint density at radius 3 is 2.36 bits per heavy atom. The first-order valence-corrected chi connectivity index (χ1v) is 13.6. The van der Waals surface area contributed by atoms with E-state index >= 15 is 0 Å². The molecule has 4 aromatic rings. The molecule has 0 bridgehead atoms. The van der Waals surface area contributed by atoms with Crippen LogP contribution in [0.25, 0.3) is 16.5 Å². The number of hydrogen-bond acceptors (Lipinski definition) is 3. The number of fused-ring (bicyclic) bond motifs is 1. The van der Waals surface area contributed by atoms with Gasteiger partial charge in [-0.25, -0.2) is 12.8 Å². The molecule has 3 aromatic carbocycles. The minimum Gasteiger partial charge on any atom is -0.494 e. The topological polar surface area (TPSA) is 51.5 Å². The van der Waals surface area contributed by atoms with Crippen molar-refractivity contribution in [1.29, 1.82) is 0 Å². The molecule has 5 nitrogen and oxygen atoms in total. The van der Waals surface area contributed by atoms with Crippen LogP contribution in [0.5, 0.6) is 5.75 Å². The minimum absolute atomic E-state index is 0.245. The molecule has 0 unspecified atom stereocenters. The van der Waals surface area contributed by atoms with Crippen LogP contribution in [0.1, 0.15) is 30.2 Å². The van der Waals surface area contributed by atoms with Gasteiger partial charge in [0.1, 0.15) is 11.6 Å². The molecule has 0 radical (unpaired) electrons. The van der Waals surface area contributed by atoms with E-state index in [-0.39, 0.29) is 10.7 Å². The van der Waals surface area contributed by atoms with Crippen molar-refractivity contribution in [3.05, 3.63) is 102 Å². The van der Waals surface area contributed by atoms with Crippen LogP contribution < -0.4 is 4.74 Å². The number of sulfonamides is 1. The van der Waals surface area contributed by atoms with Gasteiger partial charge in [-0.2, -0.15) is 4.31 Å². The van der Waals surface area contributed by atoms with Gasteiger partial charge in [0.2, 0.25) is 10.0 Å². The fourth-order valence-corrected chi connectivity index (χ4v) is 6.31. The highest BCUT2D eigenvalue weighted by Gasteiger charge is 2.28. The number of nitrogens with zero attached hydrogens (tertiary/aromatic N) is 2. The molecule has 2 heterocycles. The highest BCUT2D eigenvalue weighted by atomic mass is 32.2. The summed E-state index contributed by atoms with van der Waals surface area (Å²) in [4.78, 5) is 0.273. The van der Waals surface area contributed by atoms with Gasteiger partial charge in [-0.15, -0.1) is 0 Å². The summed E-state index contributed by atoms with van der Waals surface area (Å²) in [5.74, 6) is 0.412. The molecule has 0 saturated carbocycles. The van der Waals surface area contributed by atoms with Gasteiger partial charge in [0, 0.05) is 41.8 Å². The molecule has 1 aromatic heterocycles. The molecule has 0 aliphatic carbocycles. The standard InChI is InChI=1S/C29H29FN2O3S/c1-3-35-25-12-14-26(15-13-25)36(33,34)31-18-16-23(17-19-31)29-21(2)32(28-7-5-4-6-27(28)29)20-22-8-10-24(30)11-9-22/h4-16H,3,17-20H2,1-2H3. The third kappa shape index (κ3) is 4.56. The van der Waals surface area contributed by atoms with Crippen molar-refractivity contribution in [2.45, 2.75) is 31.7 Å². The van der Waals surface area contributed by atoms with E-state index in [9.17, 15) is 12.8 Å². The van der Waals surface area contributed by atoms with E-state index in [1.165, 1.54) is 16.4 Å². The Morgan fingerprint density at radius 1 is 0.972 bits per heavy atom. The normalized spacial score (nSPS) is 14.7. The van der Waals surface area contributed by atoms with E-state index in [0.29, 0.717) is 38.4 Å². The van der Waals surface area contributed by atoms with E-state index in [0.717, 1.165) is 33.3 Å². The molecule has 1 aliphatic heterocycles. The molecular formula is C29H29FN2O3S. The van der Waals surface area contributed by atoms with Gasteiger partial charge in [0.15, 0.2) is 0 Å². The molecule has 7 heteroatoms. The molecule has 186 valence electrons. The van der Waals surface area contributed by atoms with Gasteiger partial charge in [-0.05, 0) is 73.9 Å². The Kier molecular flexibility index (Phi) is 6.69. The van der Waals surface area contributed by atoms with Crippen LogP contribution in [0.3, 0.4) is 0 Å². The first-order valence-electron chi connectivity index (χ1n) is 12.1. The van der Waals surface area contributed by atoms with Gasteiger partial charge in [-0.3, -0.25) is 0 Å². The smallest absolute Gasteiger partial charge is 0.243 e. The number of aromatic nitrogens is 1. The third-order valence-electron chi connectivity index (χ3n) is 6.75. The van der Waals surface area contributed by atoms with Crippen LogP contribution >= 0.6 is 0 Å². The van der Waals surface area contributed by atoms with Gasteiger partial charge in [0.25, 0.3) is 0 Å². The fraction of sp³-hybridized carbons (Fsp3) is 0.241. The van der Waals surface area contributed by atoms with Crippen molar-refractivity contribution in [2.24, 2.45) is 0 Å². The maximum atomic E-state index is 13.4. The quantitative estimate of drug-likeness (QED) is 0.310. The maximum absolute atomic E-state index is 13.4. The fourth-order valence-electron chi connectivity index (χ4n) is 4.93. The van der Waals surface area contributed by atoms with Crippen LogP contribution in [-0.4, -0.2) is 37.0 Å². The first kappa shape index (κ1) is 24.3. The van der Waals surface area contributed by atoms with Gasteiger partial charge >= 0.3 is 0 Å². The summed E-state index contributed by atoms with van der Waals surface area (Å²) in [7, 11) is -3.59. The average Bonchev–Trinajstić information content (AvgIpc) is 3.17. The zero-order chi connectivity index (χ0) is 25.3. The van der Waals surface area contributed by atoms with Crippen molar-refractivity contribution in [1.82, 2.24) is 8.87 Å². The molecule has 0 spiro atoms. The predicted molar refractivity (Wildman–Crippen MR) is 141 cm³/mol. The molecular weight excluding hydrogens is 475 g/mol. The molecule has 0 fully saturated rings. The van der Waals surface area contributed by atoms with Crippen molar-refractivity contribution in [3.63, 3.8) is 0 Å². The number of para-hydroxylation sites is 1. The van der Waals surface area contributed by atoms with Crippen molar-refractivity contribution in [2.75, 3.05) is 19.7 Å². The molecule has 0 atom stereocenters. The molecule has 36 heavy (non-hydrogen) atoms. The molecule has 5 rings (SSSR count). The largest absolute Gasteiger partial charge is 0.494 e. The van der Waals surface area contributed by atoms with Crippen LogP contribution in [0.2, 0.25) is 0 Å². The van der Waals surface area contributed by atoms with Crippen LogP contribution in [0.15, 0.2) is 83.8 Å². The zero-order valence-corrected chi connectivity index (χ0v) is 21.3. The monoisotopic (exact) mass is 504 g/mol. The Bertz CT molecular complexity index is 1520. The SMILES string of the molecule is CCOc1ccc(S(=O)(=O)N2CC=C(c3c(C)n(Cc4ccc(F)cc4)c4ccccc34)CC2)cc1. The number of hydrogen-bond donors (Lipinski definition) is 0. The predicted octanol–water partition coefficient (Wildman–Crippen LogP) is 6.01. The number of ether oxygens (including phenoxy) is 1. The third-order valence-corrected chi connectivity index (χ3v) is 8.63. The second kappa shape index (κ2) is 9.91. The zero-order valence-electron chi connectivity index (χ0n) is 20.4. The van der Waals surface area contributed by atoms with E-state index in [1.54, 1.807) is 24.3 Å². The summed E-state index contributed by atoms with van der Waals surface area (Å²) in [5.41, 5.74) is 5.57. The molecule has 0 amide bonds. The lowest BCUT2D eigenvalue weighted by Gasteiger charge is -2.26. The van der Waals surface area contributed by atoms with Crippen molar-refractivity contribution in [3.8, 4) is 5.75 Å². The van der Waals surface area contributed by atoms with Crippen LogP contribution in [0, 0.1) is 12.7 Å². The van der Waals surface area contributed by atoms with Crippen LogP contribution in [0.4, 0.5) is 4.39 Å². The van der Waals surface area contributed by atoms with Gasteiger partial charge in [0.05, 0.1) is 11.5 Å². The number of benzene rings is 3. The van der Waals surface area contributed by atoms with E-state index in [4.69, 9.17) is 4.74 Å². The Morgan fingerprint density at radius 2 is 1.69 bits per heavy atom. The summed E-state index contributed by atoms with van der Waals surface area (Å²) in [6.45, 7) is 5.90.